The van der Waals surface area contributed by atoms with Gasteiger partial charge in [-0.25, -0.2) is 0 Å². The molecule has 0 saturated heterocycles. The van der Waals surface area contributed by atoms with Crippen molar-refractivity contribution < 1.29 is 46.1 Å². The number of hydrogen-bond donors (Lipinski definition) is 0. The van der Waals surface area contributed by atoms with E-state index in [0.29, 0.717) is 5.92 Å². The van der Waals surface area contributed by atoms with E-state index in [1.54, 1.807) is 25.1 Å². The molecule has 0 radical (unpaired) electrons. The number of halogens is 2. The van der Waals surface area contributed by atoms with E-state index in [1.807, 2.05) is 6.56 Å². The van der Waals surface area contributed by atoms with Crippen LogP contribution in [0.1, 0.15) is 103 Å². The molecule has 0 aliphatic heterocycles. The predicted molar refractivity (Wildman–Crippen MR) is 177 cm³/mol. The maximum Gasteiger partial charge on any atom is -1.00 e. The largest absolute Gasteiger partial charge is 1.00 e. The van der Waals surface area contributed by atoms with E-state index in [-0.39, 0.29) is 35.6 Å². The van der Waals surface area contributed by atoms with Crippen LogP contribution in [-0.2, 0) is 38.5 Å². The molecule has 0 nitrogen and oxygen atoms in total. The molecule has 222 valence electrons. The van der Waals surface area contributed by atoms with Crippen molar-refractivity contribution in [1.29, 1.82) is 0 Å². The van der Waals surface area contributed by atoms with Gasteiger partial charge >= 0.3 is 254 Å². The van der Waals surface area contributed by atoms with Crippen LogP contribution in [-0.4, -0.2) is 11.3 Å². The van der Waals surface area contributed by atoms with Crippen LogP contribution in [0.2, 0.25) is 19.6 Å². The smallest absolute Gasteiger partial charge is 1.00 e. The van der Waals surface area contributed by atoms with E-state index in [9.17, 15) is 0 Å². The van der Waals surface area contributed by atoms with Crippen LogP contribution >= 0.6 is 0 Å². The first-order valence-corrected chi connectivity index (χ1v) is 22.5. The Morgan fingerprint density at radius 1 is 0.786 bits per heavy atom. The molecule has 0 amide bonds. The topological polar surface area (TPSA) is 0 Å². The molecular formula is C38H48Cl2SiZr. The quantitative estimate of drug-likeness (QED) is 0.354. The Morgan fingerprint density at radius 3 is 1.86 bits per heavy atom. The zero-order chi connectivity index (χ0) is 29.3. The number of hydrogen-bond acceptors (Lipinski definition) is 0. The molecule has 0 spiro atoms. The van der Waals surface area contributed by atoms with Crippen LogP contribution in [0.25, 0.3) is 22.3 Å². The molecule has 2 aromatic rings. The predicted octanol–water partition coefficient (Wildman–Crippen LogP) is 4.54. The van der Waals surface area contributed by atoms with Crippen molar-refractivity contribution in [3.8, 4) is 11.1 Å². The summed E-state index contributed by atoms with van der Waals surface area (Å²) in [5.41, 5.74) is 17.0. The van der Waals surface area contributed by atoms with Gasteiger partial charge in [-0.3, -0.25) is 0 Å². The van der Waals surface area contributed by atoms with Crippen LogP contribution in [0.5, 0.6) is 0 Å². The van der Waals surface area contributed by atoms with Gasteiger partial charge in [-0.05, 0) is 0 Å². The summed E-state index contributed by atoms with van der Waals surface area (Å²) in [6, 6.07) is 10.3. The van der Waals surface area contributed by atoms with Crippen molar-refractivity contribution in [2.75, 3.05) is 0 Å². The van der Waals surface area contributed by atoms with Gasteiger partial charge < -0.3 is 24.8 Å². The van der Waals surface area contributed by atoms with E-state index in [1.165, 1.54) is 44.5 Å². The summed E-state index contributed by atoms with van der Waals surface area (Å²) in [5.74, 6) is 0.588. The van der Waals surface area contributed by atoms with Gasteiger partial charge in [0, 0.05) is 0 Å². The van der Waals surface area contributed by atoms with Crippen molar-refractivity contribution in [3.63, 3.8) is 0 Å². The molecule has 1 atom stereocenters. The van der Waals surface area contributed by atoms with E-state index < -0.39 is 29.3 Å². The summed E-state index contributed by atoms with van der Waals surface area (Å²) >= 11 is -2.28. The first kappa shape index (κ1) is 33.8. The second-order valence-electron chi connectivity index (χ2n) is 15.5. The molecule has 4 aliphatic carbocycles. The monoisotopic (exact) mass is 692 g/mol. The second kappa shape index (κ2) is 10.8. The average molecular weight is 695 g/mol. The van der Waals surface area contributed by atoms with E-state index in [4.69, 9.17) is 0 Å². The van der Waals surface area contributed by atoms with Crippen molar-refractivity contribution in [1.82, 2.24) is 0 Å². The van der Waals surface area contributed by atoms with Crippen molar-refractivity contribution >= 4 is 22.4 Å². The van der Waals surface area contributed by atoms with Gasteiger partial charge in [0.1, 0.15) is 0 Å². The molecule has 0 bridgehead atoms. The van der Waals surface area contributed by atoms with Crippen molar-refractivity contribution in [3.05, 3.63) is 87.1 Å². The van der Waals surface area contributed by atoms with Gasteiger partial charge in [-0.1, -0.05) is 0 Å². The summed E-state index contributed by atoms with van der Waals surface area (Å²) in [6.07, 6.45) is 6.19. The molecule has 4 aliphatic rings. The third-order valence-corrected chi connectivity index (χ3v) is 22.1. The van der Waals surface area contributed by atoms with Crippen LogP contribution < -0.4 is 24.8 Å². The van der Waals surface area contributed by atoms with Gasteiger partial charge in [0.2, 0.25) is 0 Å². The van der Waals surface area contributed by atoms with Gasteiger partial charge in [0.15, 0.2) is 0 Å². The van der Waals surface area contributed by atoms with Gasteiger partial charge in [-0.2, -0.15) is 0 Å². The Kier molecular flexibility index (Phi) is 8.69. The van der Waals surface area contributed by atoms with E-state index in [0.717, 1.165) is 6.42 Å². The first-order valence-electron chi connectivity index (χ1n) is 15.3. The summed E-state index contributed by atoms with van der Waals surface area (Å²) in [7, 11) is -1.37. The number of fused-ring (bicyclic) bond motifs is 5. The minimum absolute atomic E-state index is 0. The summed E-state index contributed by atoms with van der Waals surface area (Å²) < 4.78 is 5.41. The normalized spacial score (nSPS) is 20.5. The van der Waals surface area contributed by atoms with Crippen LogP contribution in [0, 0.1) is 5.92 Å². The fraction of sp³-hybridized carbons (Fsp3) is 0.447. The number of benzene rings is 2. The first-order chi connectivity index (χ1) is 18.4. The zero-order valence-electron chi connectivity index (χ0n) is 28.0. The van der Waals surface area contributed by atoms with Crippen molar-refractivity contribution in [2.45, 2.75) is 106 Å². The maximum atomic E-state index is 2.66. The average Bonchev–Trinajstić information content (AvgIpc) is 3.47. The molecule has 2 aromatic carbocycles. The number of allylic oxidation sites excluding steroid dienone is 8. The molecule has 4 heteroatoms. The SMILES string of the molecule is CC1=CC(C)(C)c2cc3c(cc21)-c1cc2c(cc1C3)C(C)(C)[C]([Zr+2]([C]1=C(C)C([Si](C)(C)C)=CC1C)=[C](C)C)=C2C.[Cl-].[Cl-]. The Bertz CT molecular complexity index is 1690. The molecule has 42 heavy (non-hydrogen) atoms. The zero-order valence-corrected chi connectivity index (χ0v) is 33.0. The third kappa shape index (κ3) is 4.81. The Labute approximate surface area is 276 Å². The fourth-order valence-electron chi connectivity index (χ4n) is 8.74. The third-order valence-electron chi connectivity index (χ3n) is 10.4. The second-order valence-corrected chi connectivity index (χ2v) is 27.4. The molecular weight excluding hydrogens is 647 g/mol. The standard InChI is InChI=1S/C25H25.C10H17Si.C3H6.2ClH.Zr/c1-14-12-24(3,4)22-8-16-7-17-9-23-19(15(2)13-25(23,5)6)11-21(17)20(16)10-18(14)22;1-8-6-9(2)10(7-8)11(3,4)5;1-3-2;;;/h8-12H,7H2,1-6H3;7-8H,1-5H3;1-2H3;2*1H;/q;;;;;+2/p-2. The Hall–Kier alpha value is -1.05. The molecule has 0 heterocycles. The van der Waals surface area contributed by atoms with E-state index >= 15 is 0 Å². The maximum absolute atomic E-state index is 2.66. The fourth-order valence-corrected chi connectivity index (χ4v) is 20.0. The Balaban J connectivity index is 0.00000202. The minimum atomic E-state index is -2.28. The van der Waals surface area contributed by atoms with Gasteiger partial charge in [0.05, 0.1) is 0 Å². The van der Waals surface area contributed by atoms with Gasteiger partial charge in [-0.15, -0.1) is 0 Å². The van der Waals surface area contributed by atoms with Crippen LogP contribution in [0.3, 0.4) is 0 Å². The van der Waals surface area contributed by atoms with Crippen LogP contribution in [0.15, 0.2) is 53.7 Å². The minimum Gasteiger partial charge on any atom is -1.00 e. The molecule has 6 rings (SSSR count). The molecule has 0 N–H and O–H groups in total. The molecule has 1 unspecified atom stereocenters. The van der Waals surface area contributed by atoms with Crippen LogP contribution in [0.4, 0.5) is 0 Å². The molecule has 0 saturated carbocycles. The summed E-state index contributed by atoms with van der Waals surface area (Å²) in [5, 5.41) is 1.72. The summed E-state index contributed by atoms with van der Waals surface area (Å²) in [4.78, 5) is 0. The van der Waals surface area contributed by atoms with Crippen molar-refractivity contribution in [2.24, 2.45) is 5.92 Å². The summed E-state index contributed by atoms with van der Waals surface area (Å²) in [6.45, 7) is 32.0. The van der Waals surface area contributed by atoms with E-state index in [2.05, 4.69) is 125 Å². The number of rotatable bonds is 3. The van der Waals surface area contributed by atoms with Gasteiger partial charge in [0.25, 0.3) is 0 Å². The molecule has 0 fully saturated rings. The molecule has 0 aromatic heterocycles. The Morgan fingerprint density at radius 2 is 1.33 bits per heavy atom.